The molecule has 0 aromatic carbocycles. The number of pyridine rings is 2. The minimum Gasteiger partial charge on any atom is -0.342 e. The molecular weight excluding hydrogens is 374 g/mol. The van der Waals surface area contributed by atoms with E-state index >= 15 is 0 Å². The molecule has 4 heterocycles. The molecule has 2 aliphatic rings. The molecule has 0 spiro atoms. The van der Waals surface area contributed by atoms with Gasteiger partial charge in [-0.3, -0.25) is 14.7 Å². The number of aryl methyl sites for hydroxylation is 2. The Labute approximate surface area is 179 Å². The minimum absolute atomic E-state index is 0.292. The van der Waals surface area contributed by atoms with Crippen LogP contribution in [0, 0.1) is 13.8 Å². The van der Waals surface area contributed by atoms with Crippen LogP contribution in [-0.4, -0.2) is 58.4 Å². The van der Waals surface area contributed by atoms with E-state index in [2.05, 4.69) is 45.2 Å². The number of anilines is 2. The van der Waals surface area contributed by atoms with Crippen molar-refractivity contribution in [3.63, 3.8) is 0 Å². The number of hydrogen-bond donors (Lipinski definition) is 1. The van der Waals surface area contributed by atoms with E-state index in [-0.39, 0.29) is 0 Å². The Kier molecular flexibility index (Phi) is 6.62. The first-order valence-electron chi connectivity index (χ1n) is 11.3. The number of carbonyl (C=O) groups excluding carboxylic acids is 1. The molecule has 2 fully saturated rings. The maximum atomic E-state index is 12.7. The van der Waals surface area contributed by atoms with Crippen molar-refractivity contribution < 1.29 is 4.79 Å². The summed E-state index contributed by atoms with van der Waals surface area (Å²) >= 11 is 0. The van der Waals surface area contributed by atoms with Gasteiger partial charge in [-0.15, -0.1) is 0 Å². The fourth-order valence-corrected chi connectivity index (χ4v) is 4.60. The van der Waals surface area contributed by atoms with Crippen LogP contribution in [0.3, 0.4) is 0 Å². The average Bonchev–Trinajstić information content (AvgIpc) is 2.76. The lowest BCUT2D eigenvalue weighted by atomic mass is 9.93. The van der Waals surface area contributed by atoms with Crippen LogP contribution >= 0.6 is 0 Å². The van der Waals surface area contributed by atoms with E-state index in [0.29, 0.717) is 18.4 Å². The summed E-state index contributed by atoms with van der Waals surface area (Å²) in [6.45, 7) is 8.40. The lowest BCUT2D eigenvalue weighted by Gasteiger charge is -2.34. The van der Waals surface area contributed by atoms with Gasteiger partial charge in [0.1, 0.15) is 5.82 Å². The normalized spacial score (nSPS) is 20.2. The van der Waals surface area contributed by atoms with Crippen molar-refractivity contribution >= 4 is 17.4 Å². The molecule has 2 aromatic rings. The van der Waals surface area contributed by atoms with Crippen molar-refractivity contribution in [3.8, 4) is 0 Å². The van der Waals surface area contributed by atoms with Gasteiger partial charge < -0.3 is 10.2 Å². The van der Waals surface area contributed by atoms with Crippen molar-refractivity contribution in [2.45, 2.75) is 51.9 Å². The monoisotopic (exact) mass is 407 g/mol. The van der Waals surface area contributed by atoms with Gasteiger partial charge in [0.2, 0.25) is 5.91 Å². The molecule has 4 rings (SSSR count). The van der Waals surface area contributed by atoms with Gasteiger partial charge in [0, 0.05) is 48.8 Å². The van der Waals surface area contributed by atoms with Crippen LogP contribution in [-0.2, 0) is 4.79 Å². The molecule has 1 amide bonds. The Balaban J connectivity index is 1.43. The molecule has 6 nitrogen and oxygen atoms in total. The van der Waals surface area contributed by atoms with E-state index in [1.807, 2.05) is 19.2 Å². The molecule has 2 saturated heterocycles. The Morgan fingerprint density at radius 1 is 1.13 bits per heavy atom. The Hall–Kier alpha value is -2.47. The van der Waals surface area contributed by atoms with E-state index in [1.165, 1.54) is 6.42 Å². The summed E-state index contributed by atoms with van der Waals surface area (Å²) in [7, 11) is 0. The molecule has 2 aliphatic heterocycles. The standard InChI is InChI=1S/C24H33N5O/c1-18-8-6-10-25-24(18)27-21-14-19(2)26-22(15-21)20-9-7-11-28(16-20)17-23(30)29-12-4-3-5-13-29/h6,8,10,14-15,20H,3-5,7,9,11-13,16-17H2,1-2H3,(H,25,26,27). The first-order valence-corrected chi connectivity index (χ1v) is 11.3. The molecule has 1 unspecified atom stereocenters. The topological polar surface area (TPSA) is 61.4 Å². The minimum atomic E-state index is 0.292. The summed E-state index contributed by atoms with van der Waals surface area (Å²) in [5, 5.41) is 3.45. The van der Waals surface area contributed by atoms with Crippen LogP contribution in [0.15, 0.2) is 30.5 Å². The van der Waals surface area contributed by atoms with E-state index in [0.717, 1.165) is 80.3 Å². The summed E-state index contributed by atoms with van der Waals surface area (Å²) in [6, 6.07) is 8.23. The molecule has 30 heavy (non-hydrogen) atoms. The van der Waals surface area contributed by atoms with Gasteiger partial charge in [-0.25, -0.2) is 4.98 Å². The molecule has 1 atom stereocenters. The van der Waals surface area contributed by atoms with Gasteiger partial charge >= 0.3 is 0 Å². The highest BCUT2D eigenvalue weighted by Gasteiger charge is 2.26. The average molecular weight is 408 g/mol. The highest BCUT2D eigenvalue weighted by atomic mass is 16.2. The summed E-state index contributed by atoms with van der Waals surface area (Å²) in [5.41, 5.74) is 4.26. The third kappa shape index (κ3) is 5.17. The van der Waals surface area contributed by atoms with Crippen molar-refractivity contribution in [3.05, 3.63) is 47.4 Å². The number of hydrogen-bond acceptors (Lipinski definition) is 5. The summed E-state index contributed by atoms with van der Waals surface area (Å²) in [4.78, 5) is 26.4. The number of nitrogens with one attached hydrogen (secondary N) is 1. The highest BCUT2D eigenvalue weighted by Crippen LogP contribution is 2.29. The van der Waals surface area contributed by atoms with Gasteiger partial charge in [-0.1, -0.05) is 6.07 Å². The van der Waals surface area contributed by atoms with Gasteiger partial charge in [0.25, 0.3) is 0 Å². The molecule has 2 aromatic heterocycles. The van der Waals surface area contributed by atoms with Crippen molar-refractivity contribution in [2.24, 2.45) is 0 Å². The van der Waals surface area contributed by atoms with E-state index < -0.39 is 0 Å². The van der Waals surface area contributed by atoms with Crippen molar-refractivity contribution in [1.82, 2.24) is 19.8 Å². The highest BCUT2D eigenvalue weighted by molar-refractivity contribution is 5.78. The van der Waals surface area contributed by atoms with Gasteiger partial charge in [-0.05, 0) is 76.3 Å². The van der Waals surface area contributed by atoms with Crippen LogP contribution < -0.4 is 5.32 Å². The summed E-state index contributed by atoms with van der Waals surface area (Å²) in [6.07, 6.45) is 7.58. The zero-order valence-electron chi connectivity index (χ0n) is 18.2. The van der Waals surface area contributed by atoms with E-state index in [1.54, 1.807) is 0 Å². The number of rotatable bonds is 5. The van der Waals surface area contributed by atoms with Crippen LogP contribution in [0.1, 0.15) is 55.0 Å². The van der Waals surface area contributed by atoms with E-state index in [9.17, 15) is 4.79 Å². The number of piperidine rings is 2. The quantitative estimate of drug-likeness (QED) is 0.811. The van der Waals surface area contributed by atoms with Gasteiger partial charge in [-0.2, -0.15) is 0 Å². The van der Waals surface area contributed by atoms with Gasteiger partial charge in [0.15, 0.2) is 0 Å². The molecule has 1 N–H and O–H groups in total. The van der Waals surface area contributed by atoms with E-state index in [4.69, 9.17) is 4.98 Å². The number of nitrogens with zero attached hydrogens (tertiary/aromatic N) is 4. The lowest BCUT2D eigenvalue weighted by molar-refractivity contribution is -0.133. The SMILES string of the molecule is Cc1cc(Nc2ncccc2C)cc(C2CCCN(CC(=O)N3CCCCC3)C2)n1. The van der Waals surface area contributed by atoms with Crippen molar-refractivity contribution in [1.29, 1.82) is 0 Å². The summed E-state index contributed by atoms with van der Waals surface area (Å²) < 4.78 is 0. The van der Waals surface area contributed by atoms with Gasteiger partial charge in [0.05, 0.1) is 6.54 Å². The largest absolute Gasteiger partial charge is 0.342 e. The molecule has 0 saturated carbocycles. The first-order chi connectivity index (χ1) is 14.6. The fraction of sp³-hybridized carbons (Fsp3) is 0.542. The van der Waals surface area contributed by atoms with Crippen molar-refractivity contribution in [2.75, 3.05) is 38.0 Å². The third-order valence-electron chi connectivity index (χ3n) is 6.24. The maximum absolute atomic E-state index is 12.7. The molecule has 0 bridgehead atoms. The molecule has 160 valence electrons. The Bertz CT molecular complexity index is 878. The number of likely N-dealkylation sites (tertiary alicyclic amines) is 2. The molecule has 0 radical (unpaired) electrons. The second-order valence-electron chi connectivity index (χ2n) is 8.73. The second-order valence-corrected chi connectivity index (χ2v) is 8.73. The molecule has 0 aliphatic carbocycles. The fourth-order valence-electron chi connectivity index (χ4n) is 4.60. The maximum Gasteiger partial charge on any atom is 0.236 e. The summed E-state index contributed by atoms with van der Waals surface area (Å²) in [5.74, 6) is 1.53. The second kappa shape index (κ2) is 9.56. The van der Waals surface area contributed by atoms with Crippen LogP contribution in [0.2, 0.25) is 0 Å². The number of carbonyl (C=O) groups is 1. The predicted octanol–water partition coefficient (Wildman–Crippen LogP) is 4.03. The lowest BCUT2D eigenvalue weighted by Crippen LogP contribution is -2.45. The zero-order valence-corrected chi connectivity index (χ0v) is 18.2. The predicted molar refractivity (Wildman–Crippen MR) is 120 cm³/mol. The molecule has 6 heteroatoms. The zero-order chi connectivity index (χ0) is 20.9. The van der Waals surface area contributed by atoms with Crippen LogP contribution in [0.25, 0.3) is 0 Å². The number of aromatic nitrogens is 2. The first kappa shape index (κ1) is 20.8. The van der Waals surface area contributed by atoms with Crippen LogP contribution in [0.4, 0.5) is 11.5 Å². The third-order valence-corrected chi connectivity index (χ3v) is 6.24. The number of amides is 1. The smallest absolute Gasteiger partial charge is 0.236 e. The van der Waals surface area contributed by atoms with Crippen LogP contribution in [0.5, 0.6) is 0 Å². The Morgan fingerprint density at radius 3 is 2.77 bits per heavy atom. The molecular formula is C24H33N5O. The Morgan fingerprint density at radius 2 is 1.97 bits per heavy atom.